The van der Waals surface area contributed by atoms with E-state index in [0.717, 1.165) is 0 Å². The molecule has 0 aliphatic carbocycles. The Hall–Kier alpha value is -2.21. The molecule has 1 atom stereocenters. The van der Waals surface area contributed by atoms with Crippen LogP contribution in [0.2, 0.25) is 0 Å². The Morgan fingerprint density at radius 2 is 2.28 bits per heavy atom. The zero-order valence-corrected chi connectivity index (χ0v) is 9.95. The zero-order valence-electron chi connectivity index (χ0n) is 9.95. The Kier molecular flexibility index (Phi) is 3.69. The first-order valence-corrected chi connectivity index (χ1v) is 5.58. The van der Waals surface area contributed by atoms with E-state index in [4.69, 9.17) is 0 Å². The molecule has 0 aliphatic rings. The van der Waals surface area contributed by atoms with E-state index in [2.05, 4.69) is 15.6 Å². The Labute approximate surface area is 104 Å². The van der Waals surface area contributed by atoms with Crippen LogP contribution in [0, 0.1) is 0 Å². The lowest BCUT2D eigenvalue weighted by molar-refractivity contribution is -0.116. The minimum absolute atomic E-state index is 0.0914. The summed E-state index contributed by atoms with van der Waals surface area (Å²) in [6, 6.07) is 7.14. The van der Waals surface area contributed by atoms with E-state index in [-0.39, 0.29) is 12.5 Å². The maximum Gasteiger partial charge on any atom is 0.246 e. The Balaban J connectivity index is 2.07. The molecule has 18 heavy (non-hydrogen) atoms. The summed E-state index contributed by atoms with van der Waals surface area (Å²) >= 11 is 0. The maximum atomic E-state index is 11.8. The molecular weight excluding hydrogens is 232 g/mol. The van der Waals surface area contributed by atoms with Crippen LogP contribution in [-0.2, 0) is 11.3 Å². The van der Waals surface area contributed by atoms with Gasteiger partial charge in [0, 0.05) is 17.4 Å². The van der Waals surface area contributed by atoms with E-state index in [0.29, 0.717) is 11.3 Å². The number of benzene rings is 1. The highest BCUT2D eigenvalue weighted by Gasteiger charge is 2.10. The molecule has 2 aromatic rings. The highest BCUT2D eigenvalue weighted by Crippen LogP contribution is 2.21. The molecule has 2 rings (SSSR count). The monoisotopic (exact) mass is 246 g/mol. The molecular formula is C12H14N4O2. The van der Waals surface area contributed by atoms with Gasteiger partial charge in [0.05, 0.1) is 12.3 Å². The van der Waals surface area contributed by atoms with Crippen LogP contribution in [0.5, 0.6) is 0 Å². The quantitative estimate of drug-likeness (QED) is 0.842. The number of rotatable bonds is 4. The maximum absolute atomic E-state index is 11.8. The molecule has 0 fully saturated rings. The van der Waals surface area contributed by atoms with Crippen molar-refractivity contribution in [3.63, 3.8) is 0 Å². The van der Waals surface area contributed by atoms with Crippen molar-refractivity contribution in [2.24, 2.45) is 0 Å². The molecule has 1 heterocycles. The third-order valence-corrected chi connectivity index (χ3v) is 2.46. The van der Waals surface area contributed by atoms with Crippen molar-refractivity contribution in [2.45, 2.75) is 19.6 Å². The number of hydrogen-bond donors (Lipinski definition) is 2. The van der Waals surface area contributed by atoms with E-state index < -0.39 is 6.10 Å². The van der Waals surface area contributed by atoms with Crippen LogP contribution in [0.25, 0.3) is 0 Å². The van der Waals surface area contributed by atoms with Crippen LogP contribution in [0.15, 0.2) is 36.7 Å². The van der Waals surface area contributed by atoms with E-state index in [9.17, 15) is 9.90 Å². The van der Waals surface area contributed by atoms with Gasteiger partial charge in [0.1, 0.15) is 6.54 Å². The Morgan fingerprint density at radius 3 is 2.94 bits per heavy atom. The number of carbonyl (C=O) groups is 1. The van der Waals surface area contributed by atoms with Gasteiger partial charge in [-0.2, -0.15) is 0 Å². The fourth-order valence-corrected chi connectivity index (χ4v) is 1.63. The van der Waals surface area contributed by atoms with Gasteiger partial charge in [-0.1, -0.05) is 23.4 Å². The molecule has 0 saturated heterocycles. The summed E-state index contributed by atoms with van der Waals surface area (Å²) in [5, 5.41) is 19.7. The van der Waals surface area contributed by atoms with Crippen LogP contribution < -0.4 is 5.32 Å². The molecule has 0 saturated carbocycles. The molecule has 2 N–H and O–H groups in total. The molecule has 1 aromatic heterocycles. The van der Waals surface area contributed by atoms with Crippen molar-refractivity contribution < 1.29 is 9.90 Å². The first-order valence-electron chi connectivity index (χ1n) is 5.58. The van der Waals surface area contributed by atoms with Gasteiger partial charge in [0.25, 0.3) is 0 Å². The van der Waals surface area contributed by atoms with Crippen LogP contribution in [0.1, 0.15) is 18.6 Å². The van der Waals surface area contributed by atoms with Crippen LogP contribution in [-0.4, -0.2) is 26.0 Å². The highest BCUT2D eigenvalue weighted by atomic mass is 16.3. The second kappa shape index (κ2) is 5.42. The molecule has 0 spiro atoms. The predicted molar refractivity (Wildman–Crippen MR) is 65.7 cm³/mol. The highest BCUT2D eigenvalue weighted by molar-refractivity contribution is 5.91. The van der Waals surface area contributed by atoms with Crippen LogP contribution in [0.3, 0.4) is 0 Å². The fourth-order valence-electron chi connectivity index (χ4n) is 1.63. The molecule has 94 valence electrons. The predicted octanol–water partition coefficient (Wildman–Crippen LogP) is 0.970. The summed E-state index contributed by atoms with van der Waals surface area (Å²) in [4.78, 5) is 11.8. The molecule has 0 aliphatic heterocycles. The number of aliphatic hydroxyl groups excluding tert-OH is 1. The van der Waals surface area contributed by atoms with Crippen molar-refractivity contribution >= 4 is 11.6 Å². The van der Waals surface area contributed by atoms with E-state index in [1.807, 2.05) is 6.07 Å². The number of aromatic nitrogens is 3. The topological polar surface area (TPSA) is 80.0 Å². The number of para-hydroxylation sites is 1. The number of hydrogen-bond acceptors (Lipinski definition) is 4. The van der Waals surface area contributed by atoms with Gasteiger partial charge in [0.2, 0.25) is 5.91 Å². The number of carbonyl (C=O) groups excluding carboxylic acids is 1. The van der Waals surface area contributed by atoms with E-state index in [1.54, 1.807) is 31.3 Å². The summed E-state index contributed by atoms with van der Waals surface area (Å²) in [5.41, 5.74) is 1.29. The van der Waals surface area contributed by atoms with Gasteiger partial charge in [-0.25, -0.2) is 4.68 Å². The molecule has 1 unspecified atom stereocenters. The lowest BCUT2D eigenvalue weighted by Crippen LogP contribution is -2.20. The van der Waals surface area contributed by atoms with Gasteiger partial charge in [-0.05, 0) is 13.0 Å². The Bertz CT molecular complexity index is 523. The molecule has 1 aromatic carbocycles. The molecule has 1 amide bonds. The number of nitrogens with zero attached hydrogens (tertiary/aromatic N) is 3. The number of anilines is 1. The smallest absolute Gasteiger partial charge is 0.246 e. The first kappa shape index (κ1) is 12.3. The van der Waals surface area contributed by atoms with E-state index >= 15 is 0 Å². The minimum Gasteiger partial charge on any atom is -0.389 e. The summed E-state index contributed by atoms with van der Waals surface area (Å²) in [7, 11) is 0. The van der Waals surface area contributed by atoms with Gasteiger partial charge in [0.15, 0.2) is 0 Å². The number of nitrogens with one attached hydrogen (secondary N) is 1. The van der Waals surface area contributed by atoms with E-state index in [1.165, 1.54) is 10.9 Å². The van der Waals surface area contributed by atoms with Gasteiger partial charge >= 0.3 is 0 Å². The van der Waals surface area contributed by atoms with Crippen molar-refractivity contribution in [3.8, 4) is 0 Å². The Morgan fingerprint density at radius 1 is 1.50 bits per heavy atom. The summed E-state index contributed by atoms with van der Waals surface area (Å²) in [6.07, 6.45) is 2.49. The summed E-state index contributed by atoms with van der Waals surface area (Å²) in [5.74, 6) is -0.214. The third-order valence-electron chi connectivity index (χ3n) is 2.46. The zero-order chi connectivity index (χ0) is 13.0. The normalized spacial score (nSPS) is 12.1. The SMILES string of the molecule is CC(O)c1ccccc1NC(=O)Cn1ccnn1. The fraction of sp³-hybridized carbons (Fsp3) is 0.250. The average Bonchev–Trinajstić information content (AvgIpc) is 2.82. The second-order valence-electron chi connectivity index (χ2n) is 3.91. The van der Waals surface area contributed by atoms with Gasteiger partial charge in [-0.15, -0.1) is 5.10 Å². The van der Waals surface area contributed by atoms with Crippen molar-refractivity contribution in [3.05, 3.63) is 42.2 Å². The number of amides is 1. The van der Waals surface area contributed by atoms with Crippen molar-refractivity contribution in [2.75, 3.05) is 5.32 Å². The van der Waals surface area contributed by atoms with Crippen molar-refractivity contribution in [1.82, 2.24) is 15.0 Å². The largest absolute Gasteiger partial charge is 0.389 e. The molecule has 6 nitrogen and oxygen atoms in total. The molecule has 6 heteroatoms. The molecule has 0 radical (unpaired) electrons. The summed E-state index contributed by atoms with van der Waals surface area (Å²) < 4.78 is 1.43. The standard InChI is InChI=1S/C12H14N4O2/c1-9(17)10-4-2-3-5-11(10)14-12(18)8-16-7-6-13-15-16/h2-7,9,17H,8H2,1H3,(H,14,18). The minimum atomic E-state index is -0.632. The van der Waals surface area contributed by atoms with Gasteiger partial charge in [-0.3, -0.25) is 4.79 Å². The lowest BCUT2D eigenvalue weighted by Gasteiger charge is -2.12. The van der Waals surface area contributed by atoms with Crippen molar-refractivity contribution in [1.29, 1.82) is 0 Å². The second-order valence-corrected chi connectivity index (χ2v) is 3.91. The van der Waals surface area contributed by atoms with Crippen LogP contribution in [0.4, 0.5) is 5.69 Å². The van der Waals surface area contributed by atoms with Gasteiger partial charge < -0.3 is 10.4 Å². The average molecular weight is 246 g/mol. The van der Waals surface area contributed by atoms with Crippen LogP contribution >= 0.6 is 0 Å². The number of aliphatic hydroxyl groups is 1. The third kappa shape index (κ3) is 2.92. The lowest BCUT2D eigenvalue weighted by atomic mass is 10.1. The first-order chi connectivity index (χ1) is 8.66. The molecule has 0 bridgehead atoms. The summed E-state index contributed by atoms with van der Waals surface area (Å²) in [6.45, 7) is 1.75.